The molecule has 0 bridgehead atoms. The predicted octanol–water partition coefficient (Wildman–Crippen LogP) is 12.8. The van der Waals surface area contributed by atoms with E-state index in [1.54, 1.807) is 0 Å². The molecule has 0 spiro atoms. The van der Waals surface area contributed by atoms with Gasteiger partial charge in [-0.3, -0.25) is 4.98 Å². The summed E-state index contributed by atoms with van der Waals surface area (Å²) in [5.74, 6) is 0. The van der Waals surface area contributed by atoms with Crippen LogP contribution in [0.5, 0.6) is 0 Å². The second-order valence-electron chi connectivity index (χ2n) is 13.0. The molecule has 0 fully saturated rings. The molecular formula is C49H30N2. The van der Waals surface area contributed by atoms with Gasteiger partial charge in [-0.1, -0.05) is 140 Å². The van der Waals surface area contributed by atoms with Crippen molar-refractivity contribution < 1.29 is 0 Å². The Balaban J connectivity index is 1.02. The quantitative estimate of drug-likeness (QED) is 0.182. The van der Waals surface area contributed by atoms with Crippen molar-refractivity contribution in [3.05, 3.63) is 194 Å². The molecule has 2 heterocycles. The number of para-hydroxylation sites is 1. The molecule has 2 heteroatoms. The molecule has 2 nitrogen and oxygen atoms in total. The zero-order valence-electron chi connectivity index (χ0n) is 27.7. The van der Waals surface area contributed by atoms with Gasteiger partial charge in [0.1, 0.15) is 0 Å². The van der Waals surface area contributed by atoms with Crippen LogP contribution in [-0.4, -0.2) is 9.55 Å². The first-order valence-electron chi connectivity index (χ1n) is 17.3. The highest BCUT2D eigenvalue weighted by Crippen LogP contribution is 2.43. The van der Waals surface area contributed by atoms with Gasteiger partial charge in [0.2, 0.25) is 0 Å². The van der Waals surface area contributed by atoms with Crippen molar-refractivity contribution in [3.63, 3.8) is 0 Å². The first-order chi connectivity index (χ1) is 25.3. The van der Waals surface area contributed by atoms with Crippen molar-refractivity contribution in [1.29, 1.82) is 0 Å². The van der Waals surface area contributed by atoms with Crippen LogP contribution in [0.4, 0.5) is 0 Å². The lowest BCUT2D eigenvalue weighted by molar-refractivity contribution is 1.17. The predicted molar refractivity (Wildman–Crippen MR) is 213 cm³/mol. The molecular weight excluding hydrogens is 617 g/mol. The summed E-state index contributed by atoms with van der Waals surface area (Å²) in [4.78, 5) is 4.47. The fourth-order valence-corrected chi connectivity index (χ4v) is 7.79. The van der Waals surface area contributed by atoms with Crippen molar-refractivity contribution >= 4 is 43.4 Å². The number of fused-ring (bicyclic) bond motifs is 5. The molecule has 0 N–H and O–H groups in total. The Bertz CT molecular complexity index is 2810. The molecule has 0 aliphatic rings. The number of pyridine rings is 1. The van der Waals surface area contributed by atoms with E-state index in [2.05, 4.69) is 185 Å². The van der Waals surface area contributed by atoms with Gasteiger partial charge in [-0.15, -0.1) is 0 Å². The normalized spacial score (nSPS) is 11.4. The Morgan fingerprint density at radius 3 is 1.71 bits per heavy atom. The topological polar surface area (TPSA) is 17.8 Å². The van der Waals surface area contributed by atoms with Crippen molar-refractivity contribution in [3.8, 4) is 50.2 Å². The number of nitrogens with zero attached hydrogens (tertiary/aromatic N) is 2. The molecule has 10 rings (SSSR count). The molecule has 8 aromatic carbocycles. The van der Waals surface area contributed by atoms with Crippen LogP contribution >= 0.6 is 0 Å². The number of rotatable bonds is 5. The van der Waals surface area contributed by atoms with Crippen LogP contribution in [0.3, 0.4) is 0 Å². The van der Waals surface area contributed by atoms with E-state index in [1.165, 1.54) is 71.6 Å². The molecule has 0 aliphatic heterocycles. The third-order valence-corrected chi connectivity index (χ3v) is 10.2. The van der Waals surface area contributed by atoms with Crippen LogP contribution in [-0.2, 0) is 0 Å². The fraction of sp³-hybridized carbons (Fsp3) is 0. The van der Waals surface area contributed by atoms with E-state index < -0.39 is 0 Å². The minimum Gasteiger partial charge on any atom is -0.309 e. The van der Waals surface area contributed by atoms with E-state index in [0.717, 1.165) is 22.0 Å². The van der Waals surface area contributed by atoms with Gasteiger partial charge in [-0.25, -0.2) is 0 Å². The van der Waals surface area contributed by atoms with E-state index in [9.17, 15) is 0 Å². The number of hydrogen-bond acceptors (Lipinski definition) is 1. The average molecular weight is 647 g/mol. The van der Waals surface area contributed by atoms with Gasteiger partial charge in [0.05, 0.1) is 11.0 Å². The fourth-order valence-electron chi connectivity index (χ4n) is 7.79. The van der Waals surface area contributed by atoms with E-state index in [4.69, 9.17) is 0 Å². The van der Waals surface area contributed by atoms with Crippen LogP contribution in [0.1, 0.15) is 0 Å². The second kappa shape index (κ2) is 11.9. The van der Waals surface area contributed by atoms with Crippen molar-refractivity contribution in [2.24, 2.45) is 0 Å². The van der Waals surface area contributed by atoms with Gasteiger partial charge in [0, 0.05) is 39.8 Å². The first-order valence-corrected chi connectivity index (χ1v) is 17.3. The third-order valence-electron chi connectivity index (χ3n) is 10.2. The molecule has 0 saturated heterocycles. The average Bonchev–Trinajstić information content (AvgIpc) is 3.54. The monoisotopic (exact) mass is 646 g/mol. The summed E-state index contributed by atoms with van der Waals surface area (Å²) >= 11 is 0. The molecule has 0 radical (unpaired) electrons. The van der Waals surface area contributed by atoms with E-state index in [1.807, 2.05) is 18.5 Å². The minimum atomic E-state index is 1.09. The molecule has 0 amide bonds. The summed E-state index contributed by atoms with van der Waals surface area (Å²) in [6.45, 7) is 0. The summed E-state index contributed by atoms with van der Waals surface area (Å²) in [7, 11) is 0. The number of aromatic nitrogens is 2. The Kier molecular flexibility index (Phi) is 6.76. The zero-order valence-corrected chi connectivity index (χ0v) is 27.7. The van der Waals surface area contributed by atoms with Gasteiger partial charge >= 0.3 is 0 Å². The molecule has 2 aromatic heterocycles. The molecule has 10 aromatic rings. The summed E-state index contributed by atoms with van der Waals surface area (Å²) in [5, 5.41) is 7.09. The van der Waals surface area contributed by atoms with Gasteiger partial charge in [-0.2, -0.15) is 0 Å². The SMILES string of the molecule is c1ccc2c(-c3ccc(-c4ccc(-c5ccc6c(c5)c5cnccc5n6-c5ccccc5)cc4)cc3)c3ccccc3c(-c3ccccc3)c2c#1. The maximum Gasteiger partial charge on any atom is 0.0571 e. The largest absolute Gasteiger partial charge is 0.309 e. The van der Waals surface area contributed by atoms with Crippen molar-refractivity contribution in [2.75, 3.05) is 0 Å². The van der Waals surface area contributed by atoms with Gasteiger partial charge in [-0.05, 0) is 97.6 Å². The molecule has 0 saturated carbocycles. The molecule has 51 heavy (non-hydrogen) atoms. The zero-order chi connectivity index (χ0) is 33.7. The highest BCUT2D eigenvalue weighted by Gasteiger charge is 2.17. The lowest BCUT2D eigenvalue weighted by atomic mass is 9.86. The lowest BCUT2D eigenvalue weighted by Gasteiger charge is -2.16. The minimum absolute atomic E-state index is 1.09. The van der Waals surface area contributed by atoms with Crippen LogP contribution in [0, 0.1) is 12.1 Å². The van der Waals surface area contributed by atoms with E-state index in [0.29, 0.717) is 0 Å². The lowest BCUT2D eigenvalue weighted by Crippen LogP contribution is -1.93. The van der Waals surface area contributed by atoms with Crippen LogP contribution < -0.4 is 0 Å². The van der Waals surface area contributed by atoms with Gasteiger partial charge in [0.25, 0.3) is 0 Å². The smallest absolute Gasteiger partial charge is 0.0571 e. The second-order valence-corrected chi connectivity index (χ2v) is 13.0. The standard InChI is InChI=1S/C49H30N2/c1-3-11-36(12-4-1)48-40-15-7-9-17-42(40)49(43-18-10-8-16-41(43)48)37-25-23-34(24-26-37)33-19-21-35(22-20-33)38-27-28-46-44(31-38)45-32-50-30-29-47(45)51(46)39-13-5-2-6-14-39/h1-7,9-15,17-32H. The maximum absolute atomic E-state index is 4.47. The third kappa shape index (κ3) is 4.79. The maximum atomic E-state index is 4.47. The molecule has 0 aliphatic carbocycles. The van der Waals surface area contributed by atoms with Crippen LogP contribution in [0.25, 0.3) is 93.5 Å². The summed E-state index contributed by atoms with van der Waals surface area (Å²) < 4.78 is 2.32. The van der Waals surface area contributed by atoms with E-state index >= 15 is 0 Å². The highest BCUT2D eigenvalue weighted by molar-refractivity contribution is 6.21. The Hall–Kier alpha value is -6.95. The Morgan fingerprint density at radius 2 is 0.980 bits per heavy atom. The van der Waals surface area contributed by atoms with E-state index in [-0.39, 0.29) is 0 Å². The first kappa shape index (κ1) is 29.0. The molecule has 236 valence electrons. The summed E-state index contributed by atoms with van der Waals surface area (Å²) in [5.41, 5.74) is 13.0. The van der Waals surface area contributed by atoms with Crippen LogP contribution in [0.2, 0.25) is 0 Å². The van der Waals surface area contributed by atoms with Crippen LogP contribution in [0.15, 0.2) is 182 Å². The molecule has 0 unspecified atom stereocenters. The van der Waals surface area contributed by atoms with Gasteiger partial charge in [0.15, 0.2) is 0 Å². The number of benzene rings is 7. The number of hydrogen-bond donors (Lipinski definition) is 0. The molecule has 0 atom stereocenters. The summed E-state index contributed by atoms with van der Waals surface area (Å²) in [6.07, 6.45) is 3.85. The Morgan fingerprint density at radius 1 is 0.412 bits per heavy atom. The van der Waals surface area contributed by atoms with Crippen molar-refractivity contribution in [2.45, 2.75) is 0 Å². The Labute approximate surface area is 296 Å². The van der Waals surface area contributed by atoms with Crippen molar-refractivity contribution in [1.82, 2.24) is 9.55 Å². The highest BCUT2D eigenvalue weighted by atomic mass is 15.0. The summed E-state index contributed by atoms with van der Waals surface area (Å²) in [6, 6.07) is 67.6. The van der Waals surface area contributed by atoms with Gasteiger partial charge < -0.3 is 4.57 Å².